The van der Waals surface area contributed by atoms with Crippen LogP contribution in [-0.4, -0.2) is 11.9 Å². The van der Waals surface area contributed by atoms with Crippen LogP contribution in [0.1, 0.15) is 30.9 Å². The fourth-order valence-corrected chi connectivity index (χ4v) is 2.24. The first-order valence-corrected chi connectivity index (χ1v) is 5.61. The molecule has 3 nitrogen and oxygen atoms in total. The molecule has 2 aliphatic rings. The molecule has 3 heteroatoms. The maximum Gasteiger partial charge on any atom is 0.231 e. The van der Waals surface area contributed by atoms with Gasteiger partial charge in [0.25, 0.3) is 0 Å². The molecule has 1 atom stereocenters. The summed E-state index contributed by atoms with van der Waals surface area (Å²) in [6.45, 7) is 0.275. The Labute approximate surface area is 94.3 Å². The second kappa shape index (κ2) is 3.83. The second-order valence-electron chi connectivity index (χ2n) is 4.19. The number of aliphatic hydroxyl groups excluding tert-OH is 1. The van der Waals surface area contributed by atoms with Crippen LogP contribution in [0.5, 0.6) is 11.5 Å². The van der Waals surface area contributed by atoms with Crippen LogP contribution >= 0.6 is 0 Å². The van der Waals surface area contributed by atoms with Crippen molar-refractivity contribution in [2.75, 3.05) is 6.79 Å². The number of ether oxygens (including phenoxy) is 2. The molecule has 0 aromatic heterocycles. The van der Waals surface area contributed by atoms with E-state index in [0.717, 1.165) is 41.9 Å². The van der Waals surface area contributed by atoms with Gasteiger partial charge >= 0.3 is 0 Å². The van der Waals surface area contributed by atoms with Gasteiger partial charge < -0.3 is 14.6 Å². The fraction of sp³-hybridized carbons (Fsp3) is 0.385. The van der Waals surface area contributed by atoms with E-state index in [1.165, 1.54) is 0 Å². The Hall–Kier alpha value is -1.48. The highest BCUT2D eigenvalue weighted by Gasteiger charge is 2.20. The summed E-state index contributed by atoms with van der Waals surface area (Å²) in [5.74, 6) is 1.49. The normalized spacial score (nSPS) is 19.7. The van der Waals surface area contributed by atoms with Crippen LogP contribution in [0.25, 0.3) is 0 Å². The van der Waals surface area contributed by atoms with E-state index >= 15 is 0 Å². The largest absolute Gasteiger partial charge is 0.454 e. The molecule has 1 aliphatic heterocycles. The number of benzene rings is 1. The van der Waals surface area contributed by atoms with Gasteiger partial charge in [0.15, 0.2) is 11.5 Å². The molecule has 1 unspecified atom stereocenters. The van der Waals surface area contributed by atoms with Gasteiger partial charge in [-0.3, -0.25) is 0 Å². The summed E-state index contributed by atoms with van der Waals surface area (Å²) >= 11 is 0. The number of allylic oxidation sites excluding steroid dienone is 1. The number of rotatable bonds is 2. The van der Waals surface area contributed by atoms with Crippen molar-refractivity contribution in [1.29, 1.82) is 0 Å². The third-order valence-electron chi connectivity index (χ3n) is 3.14. The average molecular weight is 218 g/mol. The Bertz CT molecular complexity index is 437. The summed E-state index contributed by atoms with van der Waals surface area (Å²) in [7, 11) is 0. The highest BCUT2D eigenvalue weighted by Crippen LogP contribution is 2.37. The quantitative estimate of drug-likeness (QED) is 0.775. The predicted molar refractivity (Wildman–Crippen MR) is 59.5 cm³/mol. The topological polar surface area (TPSA) is 38.7 Å². The second-order valence-corrected chi connectivity index (χ2v) is 4.19. The van der Waals surface area contributed by atoms with Crippen molar-refractivity contribution >= 4 is 0 Å². The zero-order valence-electron chi connectivity index (χ0n) is 8.98. The summed E-state index contributed by atoms with van der Waals surface area (Å²) in [4.78, 5) is 0. The molecule has 84 valence electrons. The lowest BCUT2D eigenvalue weighted by Crippen LogP contribution is -1.99. The van der Waals surface area contributed by atoms with Gasteiger partial charge in [0, 0.05) is 0 Å². The van der Waals surface area contributed by atoms with E-state index in [2.05, 4.69) is 6.08 Å². The van der Waals surface area contributed by atoms with Gasteiger partial charge in [-0.2, -0.15) is 0 Å². The number of hydrogen-bond acceptors (Lipinski definition) is 3. The molecular formula is C13H14O3. The van der Waals surface area contributed by atoms with Crippen molar-refractivity contribution in [3.05, 3.63) is 35.4 Å². The average Bonchev–Trinajstić information content (AvgIpc) is 2.98. The lowest BCUT2D eigenvalue weighted by molar-refractivity contribution is 0.173. The minimum absolute atomic E-state index is 0.275. The van der Waals surface area contributed by atoms with Crippen molar-refractivity contribution < 1.29 is 14.6 Å². The molecule has 0 saturated heterocycles. The maximum atomic E-state index is 10.2. The molecule has 1 heterocycles. The van der Waals surface area contributed by atoms with Gasteiger partial charge in [-0.05, 0) is 42.5 Å². The molecule has 0 bridgehead atoms. The Morgan fingerprint density at radius 1 is 1.19 bits per heavy atom. The highest BCUT2D eigenvalue weighted by atomic mass is 16.7. The zero-order chi connectivity index (χ0) is 11.0. The Morgan fingerprint density at radius 3 is 2.88 bits per heavy atom. The maximum absolute atomic E-state index is 10.2. The van der Waals surface area contributed by atoms with Crippen LogP contribution in [0.3, 0.4) is 0 Å². The van der Waals surface area contributed by atoms with Gasteiger partial charge in [0.1, 0.15) is 6.10 Å². The molecule has 0 spiro atoms. The summed E-state index contributed by atoms with van der Waals surface area (Å²) in [5, 5.41) is 10.2. The summed E-state index contributed by atoms with van der Waals surface area (Å²) in [6, 6.07) is 5.62. The lowest BCUT2D eigenvalue weighted by Gasteiger charge is -2.12. The molecule has 3 rings (SSSR count). The molecule has 1 N–H and O–H groups in total. The summed E-state index contributed by atoms with van der Waals surface area (Å²) in [6.07, 6.45) is 4.87. The summed E-state index contributed by atoms with van der Waals surface area (Å²) in [5.41, 5.74) is 2.01. The molecule has 1 aromatic carbocycles. The lowest BCUT2D eigenvalue weighted by atomic mass is 10.0. The third kappa shape index (κ3) is 1.57. The standard InChI is InChI=1S/C13H14O3/c14-13(9-3-1-2-4-9)10-5-6-11-12(7-10)16-8-15-11/h3,5-7,13-14H,1-2,4,8H2. The number of fused-ring (bicyclic) bond motifs is 1. The molecule has 0 radical (unpaired) electrons. The number of hydrogen-bond donors (Lipinski definition) is 1. The van der Waals surface area contributed by atoms with Gasteiger partial charge in [-0.1, -0.05) is 12.1 Å². The molecule has 0 fully saturated rings. The van der Waals surface area contributed by atoms with E-state index in [4.69, 9.17) is 9.47 Å². The number of aliphatic hydroxyl groups is 1. The van der Waals surface area contributed by atoms with Gasteiger partial charge in [0.2, 0.25) is 6.79 Å². The van der Waals surface area contributed by atoms with E-state index in [-0.39, 0.29) is 6.79 Å². The van der Waals surface area contributed by atoms with Gasteiger partial charge in [0.05, 0.1) is 0 Å². The van der Waals surface area contributed by atoms with Gasteiger partial charge in [-0.15, -0.1) is 0 Å². The van der Waals surface area contributed by atoms with E-state index < -0.39 is 6.10 Å². The molecule has 16 heavy (non-hydrogen) atoms. The molecule has 0 saturated carbocycles. The first kappa shape index (κ1) is 9.73. The van der Waals surface area contributed by atoms with Crippen LogP contribution in [0.4, 0.5) is 0 Å². The predicted octanol–water partition coefficient (Wildman–Crippen LogP) is 2.56. The molecule has 0 amide bonds. The highest BCUT2D eigenvalue weighted by molar-refractivity contribution is 5.46. The van der Waals surface area contributed by atoms with Crippen LogP contribution in [-0.2, 0) is 0 Å². The SMILES string of the molecule is OC(C1=CCCC1)c1ccc2c(c1)OCO2. The van der Waals surface area contributed by atoms with Crippen molar-refractivity contribution in [2.45, 2.75) is 25.4 Å². The minimum Gasteiger partial charge on any atom is -0.454 e. The van der Waals surface area contributed by atoms with Crippen LogP contribution in [0.15, 0.2) is 29.8 Å². The molecule has 1 aromatic rings. The molecule has 1 aliphatic carbocycles. The fourth-order valence-electron chi connectivity index (χ4n) is 2.24. The van der Waals surface area contributed by atoms with E-state index in [0.29, 0.717) is 0 Å². The van der Waals surface area contributed by atoms with E-state index in [1.807, 2.05) is 18.2 Å². The monoisotopic (exact) mass is 218 g/mol. The third-order valence-corrected chi connectivity index (χ3v) is 3.14. The smallest absolute Gasteiger partial charge is 0.231 e. The summed E-state index contributed by atoms with van der Waals surface area (Å²) < 4.78 is 10.5. The van der Waals surface area contributed by atoms with Crippen molar-refractivity contribution in [3.63, 3.8) is 0 Å². The minimum atomic E-state index is -0.489. The Morgan fingerprint density at radius 2 is 2.06 bits per heavy atom. The Balaban J connectivity index is 1.89. The first-order valence-electron chi connectivity index (χ1n) is 5.61. The zero-order valence-corrected chi connectivity index (χ0v) is 8.98. The van der Waals surface area contributed by atoms with Gasteiger partial charge in [-0.25, -0.2) is 0 Å². The van der Waals surface area contributed by atoms with Crippen LogP contribution in [0.2, 0.25) is 0 Å². The molecular weight excluding hydrogens is 204 g/mol. The van der Waals surface area contributed by atoms with Crippen molar-refractivity contribution in [3.8, 4) is 11.5 Å². The van der Waals surface area contributed by atoms with Crippen LogP contribution < -0.4 is 9.47 Å². The Kier molecular flexibility index (Phi) is 2.33. The van der Waals surface area contributed by atoms with Crippen LogP contribution in [0, 0.1) is 0 Å². The van der Waals surface area contributed by atoms with E-state index in [9.17, 15) is 5.11 Å². The van der Waals surface area contributed by atoms with E-state index in [1.54, 1.807) is 0 Å². The first-order chi connectivity index (χ1) is 7.84. The van der Waals surface area contributed by atoms with Crippen molar-refractivity contribution in [2.24, 2.45) is 0 Å². The van der Waals surface area contributed by atoms with Crippen molar-refractivity contribution in [1.82, 2.24) is 0 Å².